The number of hydrogen-bond donors (Lipinski definition) is 1. The van der Waals surface area contributed by atoms with Gasteiger partial charge in [-0.05, 0) is 31.9 Å². The topological polar surface area (TPSA) is 38.7 Å². The summed E-state index contributed by atoms with van der Waals surface area (Å²) in [5.74, 6) is 1.57. The quantitative estimate of drug-likeness (QED) is 0.855. The highest BCUT2D eigenvalue weighted by Gasteiger charge is 2.53. The summed E-state index contributed by atoms with van der Waals surface area (Å²) in [5, 5.41) is 10.1. The molecule has 1 aliphatic rings. The van der Waals surface area contributed by atoms with Crippen LogP contribution >= 0.6 is 0 Å². The highest BCUT2D eigenvalue weighted by Crippen LogP contribution is 2.49. The molecule has 1 N–H and O–H groups in total. The minimum atomic E-state index is -0.244. The molecule has 106 valence electrons. The second-order valence-electron chi connectivity index (χ2n) is 5.18. The van der Waals surface area contributed by atoms with Gasteiger partial charge < -0.3 is 14.6 Å². The molecule has 0 radical (unpaired) electrons. The van der Waals surface area contributed by atoms with E-state index in [1.54, 1.807) is 0 Å². The van der Waals surface area contributed by atoms with Crippen molar-refractivity contribution in [2.24, 2.45) is 5.41 Å². The molecular formula is C16H24O3. The fourth-order valence-electron chi connectivity index (χ4n) is 3.04. The molecule has 0 amide bonds. The summed E-state index contributed by atoms with van der Waals surface area (Å²) < 4.78 is 11.7. The van der Waals surface area contributed by atoms with Gasteiger partial charge in [0.1, 0.15) is 6.10 Å². The molecule has 0 aromatic heterocycles. The van der Waals surface area contributed by atoms with Gasteiger partial charge in [-0.15, -0.1) is 0 Å². The Morgan fingerprint density at radius 2 is 1.79 bits per heavy atom. The first-order valence-electron chi connectivity index (χ1n) is 7.24. The predicted molar refractivity (Wildman–Crippen MR) is 75.7 cm³/mol. The van der Waals surface area contributed by atoms with Crippen molar-refractivity contribution in [3.8, 4) is 11.5 Å². The van der Waals surface area contributed by atoms with E-state index in [-0.39, 0.29) is 17.6 Å². The lowest BCUT2D eigenvalue weighted by Gasteiger charge is -2.52. The van der Waals surface area contributed by atoms with Crippen LogP contribution in [0.2, 0.25) is 0 Å². The molecule has 3 heteroatoms. The van der Waals surface area contributed by atoms with E-state index in [9.17, 15) is 5.11 Å². The van der Waals surface area contributed by atoms with Gasteiger partial charge in [-0.25, -0.2) is 0 Å². The smallest absolute Gasteiger partial charge is 0.161 e. The molecule has 0 heterocycles. The molecule has 2 unspecified atom stereocenters. The third-order valence-electron chi connectivity index (χ3n) is 4.48. The lowest BCUT2D eigenvalue weighted by Crippen LogP contribution is -2.59. The van der Waals surface area contributed by atoms with Crippen molar-refractivity contribution in [1.82, 2.24) is 0 Å². The first-order valence-corrected chi connectivity index (χ1v) is 7.24. The van der Waals surface area contributed by atoms with Gasteiger partial charge in [0.05, 0.1) is 12.7 Å². The first kappa shape index (κ1) is 14.2. The van der Waals surface area contributed by atoms with Crippen LogP contribution in [0.3, 0.4) is 0 Å². The summed E-state index contributed by atoms with van der Waals surface area (Å²) in [5.41, 5.74) is -0.0979. The van der Waals surface area contributed by atoms with Crippen molar-refractivity contribution in [3.63, 3.8) is 0 Å². The number of ether oxygens (including phenoxy) is 2. The largest absolute Gasteiger partial charge is 0.490 e. The molecule has 0 saturated heterocycles. The third-order valence-corrected chi connectivity index (χ3v) is 4.48. The summed E-state index contributed by atoms with van der Waals surface area (Å²) in [7, 11) is 0. The molecule has 0 spiro atoms. The SMILES string of the molecule is CCOc1ccccc1OC1CC(O)C1(CC)CC. The van der Waals surface area contributed by atoms with Gasteiger partial charge in [-0.1, -0.05) is 26.0 Å². The Bertz CT molecular complexity index is 412. The van der Waals surface area contributed by atoms with Gasteiger partial charge in [0, 0.05) is 11.8 Å². The molecule has 0 bridgehead atoms. The summed E-state index contributed by atoms with van der Waals surface area (Å²) in [6.45, 7) is 6.83. The van der Waals surface area contributed by atoms with Crippen LogP contribution in [0.5, 0.6) is 11.5 Å². The van der Waals surface area contributed by atoms with Gasteiger partial charge in [0.15, 0.2) is 11.5 Å². The monoisotopic (exact) mass is 264 g/mol. The van der Waals surface area contributed by atoms with Crippen LogP contribution in [0.1, 0.15) is 40.0 Å². The maximum Gasteiger partial charge on any atom is 0.161 e. The maximum absolute atomic E-state index is 10.1. The van der Waals surface area contributed by atoms with Crippen LogP contribution in [-0.4, -0.2) is 23.9 Å². The van der Waals surface area contributed by atoms with Crippen molar-refractivity contribution in [3.05, 3.63) is 24.3 Å². The number of aliphatic hydroxyl groups excluding tert-OH is 1. The molecule has 2 atom stereocenters. The summed E-state index contributed by atoms with van der Waals surface area (Å²) in [6, 6.07) is 7.76. The molecule has 3 nitrogen and oxygen atoms in total. The van der Waals surface area contributed by atoms with Gasteiger partial charge in [0.25, 0.3) is 0 Å². The zero-order valence-corrected chi connectivity index (χ0v) is 12.1. The van der Waals surface area contributed by atoms with Gasteiger partial charge in [-0.3, -0.25) is 0 Å². The Morgan fingerprint density at radius 3 is 2.32 bits per heavy atom. The molecule has 1 aromatic carbocycles. The lowest BCUT2D eigenvalue weighted by atomic mass is 9.60. The van der Waals surface area contributed by atoms with E-state index < -0.39 is 0 Å². The second-order valence-corrected chi connectivity index (χ2v) is 5.18. The van der Waals surface area contributed by atoms with E-state index in [1.807, 2.05) is 31.2 Å². The average Bonchev–Trinajstić information content (AvgIpc) is 2.42. The first-order chi connectivity index (χ1) is 9.17. The number of rotatable bonds is 6. The van der Waals surface area contributed by atoms with Crippen LogP contribution in [0.25, 0.3) is 0 Å². The summed E-state index contributed by atoms with van der Waals surface area (Å²) in [6.07, 6.45) is 2.42. The minimum Gasteiger partial charge on any atom is -0.490 e. The Labute approximate surface area is 115 Å². The molecule has 1 saturated carbocycles. The van der Waals surface area contributed by atoms with Crippen LogP contribution in [0.4, 0.5) is 0 Å². The molecule has 1 aromatic rings. The number of aliphatic hydroxyl groups is 1. The normalized spacial score (nSPS) is 24.6. The van der Waals surface area contributed by atoms with Crippen LogP contribution < -0.4 is 9.47 Å². The second kappa shape index (κ2) is 5.83. The van der Waals surface area contributed by atoms with Crippen LogP contribution in [0, 0.1) is 5.41 Å². The molecule has 1 aliphatic carbocycles. The maximum atomic E-state index is 10.1. The Morgan fingerprint density at radius 1 is 1.16 bits per heavy atom. The average molecular weight is 264 g/mol. The highest BCUT2D eigenvalue weighted by molar-refractivity contribution is 5.40. The molecule has 0 aliphatic heterocycles. The van der Waals surface area contributed by atoms with Gasteiger partial charge in [0.2, 0.25) is 0 Å². The summed E-state index contributed by atoms with van der Waals surface area (Å²) in [4.78, 5) is 0. The van der Waals surface area contributed by atoms with Gasteiger partial charge in [-0.2, -0.15) is 0 Å². The highest BCUT2D eigenvalue weighted by atomic mass is 16.5. The molecular weight excluding hydrogens is 240 g/mol. The van der Waals surface area contributed by atoms with Crippen molar-refractivity contribution in [1.29, 1.82) is 0 Å². The fraction of sp³-hybridized carbons (Fsp3) is 0.625. The third kappa shape index (κ3) is 2.44. The number of benzene rings is 1. The Hall–Kier alpha value is -1.22. The van der Waals surface area contributed by atoms with E-state index in [4.69, 9.17) is 9.47 Å². The van der Waals surface area contributed by atoms with Crippen molar-refractivity contribution in [2.75, 3.05) is 6.61 Å². The van der Waals surface area contributed by atoms with E-state index in [0.29, 0.717) is 13.0 Å². The Balaban J connectivity index is 2.14. The zero-order valence-electron chi connectivity index (χ0n) is 12.1. The van der Waals surface area contributed by atoms with Crippen molar-refractivity contribution < 1.29 is 14.6 Å². The molecule has 19 heavy (non-hydrogen) atoms. The van der Waals surface area contributed by atoms with Crippen molar-refractivity contribution >= 4 is 0 Å². The number of para-hydroxylation sites is 2. The Kier molecular flexibility index (Phi) is 4.35. The van der Waals surface area contributed by atoms with E-state index in [1.165, 1.54) is 0 Å². The summed E-state index contributed by atoms with van der Waals surface area (Å²) >= 11 is 0. The lowest BCUT2D eigenvalue weighted by molar-refractivity contribution is -0.160. The minimum absolute atomic E-state index is 0.0825. The predicted octanol–water partition coefficient (Wildman–Crippen LogP) is 3.40. The molecule has 1 fully saturated rings. The number of hydrogen-bond acceptors (Lipinski definition) is 3. The van der Waals surface area contributed by atoms with Crippen LogP contribution in [0.15, 0.2) is 24.3 Å². The van der Waals surface area contributed by atoms with E-state index in [0.717, 1.165) is 24.3 Å². The zero-order chi connectivity index (χ0) is 13.9. The van der Waals surface area contributed by atoms with Crippen LogP contribution in [-0.2, 0) is 0 Å². The molecule has 2 rings (SSSR count). The van der Waals surface area contributed by atoms with E-state index >= 15 is 0 Å². The fourth-order valence-corrected chi connectivity index (χ4v) is 3.04. The standard InChI is InChI=1S/C16H24O3/c1-4-16(5-2)14(17)11-15(16)19-13-10-8-7-9-12(13)18-6-3/h7-10,14-15,17H,4-6,11H2,1-3H3. The van der Waals surface area contributed by atoms with E-state index in [2.05, 4.69) is 13.8 Å². The van der Waals surface area contributed by atoms with Gasteiger partial charge >= 0.3 is 0 Å². The van der Waals surface area contributed by atoms with Crippen molar-refractivity contribution in [2.45, 2.75) is 52.2 Å².